The van der Waals surface area contributed by atoms with Crippen LogP contribution in [0.15, 0.2) is 76.2 Å². The van der Waals surface area contributed by atoms with Crippen LogP contribution in [0.5, 0.6) is 5.75 Å². The summed E-state index contributed by atoms with van der Waals surface area (Å²) < 4.78 is 12.3. The zero-order valence-corrected chi connectivity index (χ0v) is 18.9. The van der Waals surface area contributed by atoms with E-state index in [9.17, 15) is 9.59 Å². The Morgan fingerprint density at radius 1 is 1.06 bits per heavy atom. The summed E-state index contributed by atoms with van der Waals surface area (Å²) in [5.74, 6) is 0.798. The second-order valence-corrected chi connectivity index (χ2v) is 8.41. The summed E-state index contributed by atoms with van der Waals surface area (Å²) in [6.45, 7) is 1.84. The van der Waals surface area contributed by atoms with E-state index in [0.29, 0.717) is 29.3 Å². The van der Waals surface area contributed by atoms with Gasteiger partial charge in [-0.15, -0.1) is 0 Å². The SMILES string of the molecule is O=C(NO)c1cnc(N2CCC(COc3c(-c4ccccc4)oc4ccccc4c3=O)CC2)nc1. The molecule has 4 aromatic rings. The van der Waals surface area contributed by atoms with Gasteiger partial charge in [0.05, 0.1) is 17.6 Å². The van der Waals surface area contributed by atoms with Crippen LogP contribution in [0.25, 0.3) is 22.3 Å². The van der Waals surface area contributed by atoms with Gasteiger partial charge in [0, 0.05) is 31.0 Å². The lowest BCUT2D eigenvalue weighted by Gasteiger charge is -2.31. The highest BCUT2D eigenvalue weighted by Crippen LogP contribution is 2.31. The first-order valence-electron chi connectivity index (χ1n) is 11.4. The molecular weight excluding hydrogens is 448 g/mol. The summed E-state index contributed by atoms with van der Waals surface area (Å²) in [6.07, 6.45) is 4.43. The molecule has 178 valence electrons. The number of carbonyl (C=O) groups excluding carboxylic acids is 1. The lowest BCUT2D eigenvalue weighted by molar-refractivity contribution is 0.0705. The maximum absolute atomic E-state index is 13.3. The number of ether oxygens (including phenoxy) is 1. The van der Waals surface area contributed by atoms with Crippen LogP contribution in [-0.4, -0.2) is 40.8 Å². The van der Waals surface area contributed by atoms with E-state index in [1.54, 1.807) is 17.6 Å². The third-order valence-electron chi connectivity index (χ3n) is 6.15. The van der Waals surface area contributed by atoms with Crippen molar-refractivity contribution < 1.29 is 19.2 Å². The monoisotopic (exact) mass is 472 g/mol. The van der Waals surface area contributed by atoms with Gasteiger partial charge in [0.15, 0.2) is 5.76 Å². The van der Waals surface area contributed by atoms with Crippen LogP contribution in [0.4, 0.5) is 5.95 Å². The maximum atomic E-state index is 13.3. The van der Waals surface area contributed by atoms with E-state index in [0.717, 1.165) is 31.5 Å². The highest BCUT2D eigenvalue weighted by Gasteiger charge is 2.24. The molecule has 0 aliphatic carbocycles. The van der Waals surface area contributed by atoms with Crippen LogP contribution in [0.1, 0.15) is 23.2 Å². The van der Waals surface area contributed by atoms with Crippen molar-refractivity contribution in [2.24, 2.45) is 5.92 Å². The first kappa shape index (κ1) is 22.5. The molecule has 1 saturated heterocycles. The predicted octanol–water partition coefficient (Wildman–Crippen LogP) is 3.66. The van der Waals surface area contributed by atoms with Crippen molar-refractivity contribution in [2.45, 2.75) is 12.8 Å². The van der Waals surface area contributed by atoms with Gasteiger partial charge >= 0.3 is 0 Å². The fourth-order valence-corrected chi connectivity index (χ4v) is 4.20. The fourth-order valence-electron chi connectivity index (χ4n) is 4.20. The Bertz CT molecular complexity index is 1380. The number of carbonyl (C=O) groups is 1. The number of hydrogen-bond donors (Lipinski definition) is 2. The predicted molar refractivity (Wildman–Crippen MR) is 130 cm³/mol. The standard InChI is InChI=1S/C26H24N4O5/c31-22-20-8-4-5-9-21(20)35-23(18-6-2-1-3-7-18)24(22)34-16-17-10-12-30(13-11-17)26-27-14-19(15-28-26)25(32)29-33/h1-9,14-15,17,33H,10-13,16H2,(H,29,32). The second-order valence-electron chi connectivity index (χ2n) is 8.41. The van der Waals surface area contributed by atoms with Crippen LogP contribution >= 0.6 is 0 Å². The normalized spacial score (nSPS) is 14.1. The van der Waals surface area contributed by atoms with Crippen molar-refractivity contribution in [3.63, 3.8) is 0 Å². The van der Waals surface area contributed by atoms with Crippen molar-refractivity contribution in [1.29, 1.82) is 0 Å². The fraction of sp³-hybridized carbons (Fsp3) is 0.231. The summed E-state index contributed by atoms with van der Waals surface area (Å²) in [5.41, 5.74) is 2.89. The van der Waals surface area contributed by atoms with E-state index >= 15 is 0 Å². The molecule has 5 rings (SSSR count). The maximum Gasteiger partial charge on any atom is 0.277 e. The van der Waals surface area contributed by atoms with Gasteiger partial charge in [-0.05, 0) is 30.9 Å². The number of piperidine rings is 1. The second kappa shape index (κ2) is 9.94. The minimum absolute atomic E-state index is 0.177. The van der Waals surface area contributed by atoms with Gasteiger partial charge in [0.2, 0.25) is 17.1 Å². The molecule has 9 heteroatoms. The lowest BCUT2D eigenvalue weighted by atomic mass is 9.98. The molecule has 1 aliphatic rings. The number of amides is 1. The van der Waals surface area contributed by atoms with E-state index < -0.39 is 5.91 Å². The number of rotatable bonds is 6. The third kappa shape index (κ3) is 4.71. The molecule has 9 nitrogen and oxygen atoms in total. The summed E-state index contributed by atoms with van der Waals surface area (Å²) in [6, 6.07) is 16.7. The van der Waals surface area contributed by atoms with Crippen molar-refractivity contribution in [1.82, 2.24) is 15.4 Å². The first-order valence-corrected chi connectivity index (χ1v) is 11.4. The minimum Gasteiger partial charge on any atom is -0.486 e. The van der Waals surface area contributed by atoms with Crippen LogP contribution in [0.3, 0.4) is 0 Å². The van der Waals surface area contributed by atoms with Crippen molar-refractivity contribution in [2.75, 3.05) is 24.6 Å². The topological polar surface area (TPSA) is 118 Å². The Kier molecular flexibility index (Phi) is 6.40. The molecule has 3 heterocycles. The number of aromatic nitrogens is 2. The quantitative estimate of drug-likeness (QED) is 0.322. The summed E-state index contributed by atoms with van der Waals surface area (Å²) in [7, 11) is 0. The van der Waals surface area contributed by atoms with Crippen LogP contribution < -0.4 is 20.5 Å². The van der Waals surface area contributed by atoms with Crippen molar-refractivity contribution in [3.05, 3.63) is 82.8 Å². The average Bonchev–Trinajstić information content (AvgIpc) is 2.93. The molecule has 0 bridgehead atoms. The molecular formula is C26H24N4O5. The molecule has 35 heavy (non-hydrogen) atoms. The third-order valence-corrected chi connectivity index (χ3v) is 6.15. The Hall–Kier alpha value is -4.24. The summed E-state index contributed by atoms with van der Waals surface area (Å²) in [4.78, 5) is 35.2. The van der Waals surface area contributed by atoms with Gasteiger partial charge in [-0.25, -0.2) is 15.4 Å². The molecule has 1 amide bonds. The molecule has 0 unspecified atom stereocenters. The average molecular weight is 473 g/mol. The molecule has 1 fully saturated rings. The van der Waals surface area contributed by atoms with Crippen LogP contribution in [-0.2, 0) is 0 Å². The van der Waals surface area contributed by atoms with Crippen LogP contribution in [0.2, 0.25) is 0 Å². The Balaban J connectivity index is 1.29. The van der Waals surface area contributed by atoms with E-state index in [-0.39, 0.29) is 22.7 Å². The highest BCUT2D eigenvalue weighted by atomic mass is 16.5. The highest BCUT2D eigenvalue weighted by molar-refractivity contribution is 5.92. The Labute approximate surface area is 201 Å². The van der Waals surface area contributed by atoms with Gasteiger partial charge in [0.25, 0.3) is 5.91 Å². The lowest BCUT2D eigenvalue weighted by Crippen LogP contribution is -2.36. The molecule has 0 spiro atoms. The number of fused-ring (bicyclic) bond motifs is 1. The molecule has 0 saturated carbocycles. The number of nitrogens with one attached hydrogen (secondary N) is 1. The largest absolute Gasteiger partial charge is 0.486 e. The number of para-hydroxylation sites is 1. The Morgan fingerprint density at radius 2 is 1.74 bits per heavy atom. The van der Waals surface area contributed by atoms with Gasteiger partial charge in [-0.2, -0.15) is 0 Å². The van der Waals surface area contributed by atoms with Gasteiger partial charge < -0.3 is 14.1 Å². The molecule has 0 radical (unpaired) electrons. The van der Waals surface area contributed by atoms with E-state index in [1.807, 2.05) is 47.4 Å². The number of anilines is 1. The zero-order valence-electron chi connectivity index (χ0n) is 18.9. The van der Waals surface area contributed by atoms with Crippen molar-refractivity contribution in [3.8, 4) is 17.1 Å². The smallest absolute Gasteiger partial charge is 0.277 e. The minimum atomic E-state index is -0.652. The van der Waals surface area contributed by atoms with Crippen LogP contribution in [0, 0.1) is 5.92 Å². The Morgan fingerprint density at radius 3 is 2.46 bits per heavy atom. The number of hydroxylamine groups is 1. The van der Waals surface area contributed by atoms with E-state index in [1.165, 1.54) is 12.4 Å². The van der Waals surface area contributed by atoms with Crippen molar-refractivity contribution >= 4 is 22.8 Å². The van der Waals surface area contributed by atoms with E-state index in [4.69, 9.17) is 14.4 Å². The molecule has 2 aromatic carbocycles. The van der Waals surface area contributed by atoms with E-state index in [2.05, 4.69) is 9.97 Å². The molecule has 1 aliphatic heterocycles. The van der Waals surface area contributed by atoms with Gasteiger partial charge in [-0.3, -0.25) is 14.8 Å². The zero-order chi connectivity index (χ0) is 24.2. The molecule has 0 atom stereocenters. The number of benzene rings is 2. The molecule has 2 N–H and O–H groups in total. The van der Waals surface area contributed by atoms with Gasteiger partial charge in [-0.1, -0.05) is 42.5 Å². The summed E-state index contributed by atoms with van der Waals surface area (Å²) >= 11 is 0. The summed E-state index contributed by atoms with van der Waals surface area (Å²) in [5, 5.41) is 9.21. The first-order chi connectivity index (χ1) is 17.1. The van der Waals surface area contributed by atoms with Gasteiger partial charge in [0.1, 0.15) is 5.58 Å². The number of hydrogen-bond acceptors (Lipinski definition) is 8. The molecule has 2 aromatic heterocycles. The number of nitrogens with zero attached hydrogens (tertiary/aromatic N) is 3.